The minimum Gasteiger partial charge on any atom is -0.324 e. The minimum absolute atomic E-state index is 0.0696. The molecule has 1 atom stereocenters. The molecule has 0 saturated carbocycles. The zero-order chi connectivity index (χ0) is 13.1. The summed E-state index contributed by atoms with van der Waals surface area (Å²) in [6.07, 6.45) is 1.69. The molecule has 0 aliphatic heterocycles. The van der Waals surface area contributed by atoms with Crippen molar-refractivity contribution in [1.82, 2.24) is 4.98 Å². The van der Waals surface area contributed by atoms with Crippen LogP contribution in [0.4, 0.5) is 8.78 Å². The molecule has 0 amide bonds. The van der Waals surface area contributed by atoms with Crippen molar-refractivity contribution < 1.29 is 8.78 Å². The van der Waals surface area contributed by atoms with E-state index in [4.69, 9.17) is 5.73 Å². The zero-order valence-electron chi connectivity index (χ0n) is 9.73. The lowest BCUT2D eigenvalue weighted by Gasteiger charge is -2.06. The largest absolute Gasteiger partial charge is 0.324 e. The molecule has 5 heteroatoms. The van der Waals surface area contributed by atoms with Crippen molar-refractivity contribution in [2.24, 2.45) is 5.73 Å². The van der Waals surface area contributed by atoms with Crippen molar-refractivity contribution in [2.75, 3.05) is 0 Å². The van der Waals surface area contributed by atoms with E-state index >= 15 is 0 Å². The summed E-state index contributed by atoms with van der Waals surface area (Å²) in [4.78, 5) is 4.82. The lowest BCUT2D eigenvalue weighted by molar-refractivity contribution is 0.506. The Labute approximate surface area is 108 Å². The first-order valence-electron chi connectivity index (χ1n) is 5.40. The first-order chi connectivity index (χ1) is 8.56. The number of hydrogen-bond donors (Lipinski definition) is 1. The predicted octanol–water partition coefficient (Wildman–Crippen LogP) is 3.53. The Hall–Kier alpha value is -1.46. The van der Waals surface area contributed by atoms with Crippen LogP contribution in [0.25, 0.3) is 0 Å². The molecule has 1 heterocycles. The first-order valence-corrected chi connectivity index (χ1v) is 6.22. The molecule has 1 unspecified atom stereocenters. The smallest absolute Gasteiger partial charge is 0.159 e. The van der Waals surface area contributed by atoms with Gasteiger partial charge in [0, 0.05) is 17.1 Å². The Kier molecular flexibility index (Phi) is 3.93. The molecule has 18 heavy (non-hydrogen) atoms. The van der Waals surface area contributed by atoms with E-state index in [1.807, 2.05) is 19.1 Å². The van der Waals surface area contributed by atoms with Crippen molar-refractivity contribution >= 4 is 11.8 Å². The van der Waals surface area contributed by atoms with Crippen LogP contribution in [0, 0.1) is 11.6 Å². The van der Waals surface area contributed by atoms with Crippen LogP contribution >= 0.6 is 11.8 Å². The normalized spacial score (nSPS) is 12.4. The molecule has 0 aliphatic carbocycles. The second-order valence-electron chi connectivity index (χ2n) is 3.90. The van der Waals surface area contributed by atoms with Gasteiger partial charge in [0.25, 0.3) is 0 Å². The highest BCUT2D eigenvalue weighted by molar-refractivity contribution is 7.99. The van der Waals surface area contributed by atoms with Gasteiger partial charge in [-0.1, -0.05) is 17.8 Å². The number of hydrogen-bond acceptors (Lipinski definition) is 3. The second-order valence-corrected chi connectivity index (χ2v) is 4.99. The molecule has 2 aromatic rings. The number of aromatic nitrogens is 1. The molecule has 0 saturated heterocycles. The van der Waals surface area contributed by atoms with Gasteiger partial charge in [-0.3, -0.25) is 0 Å². The Morgan fingerprint density at radius 3 is 2.50 bits per heavy atom. The number of rotatable bonds is 3. The third-order valence-corrected chi connectivity index (χ3v) is 3.34. The highest BCUT2D eigenvalue weighted by Gasteiger charge is 2.05. The number of pyridine rings is 1. The van der Waals surface area contributed by atoms with Crippen LogP contribution in [0.2, 0.25) is 0 Å². The van der Waals surface area contributed by atoms with Gasteiger partial charge in [0.2, 0.25) is 0 Å². The molecule has 1 aromatic heterocycles. The summed E-state index contributed by atoms with van der Waals surface area (Å²) in [6, 6.07) is 7.39. The lowest BCUT2D eigenvalue weighted by Crippen LogP contribution is -2.04. The van der Waals surface area contributed by atoms with Crippen LogP contribution < -0.4 is 5.73 Å². The Morgan fingerprint density at radius 2 is 1.94 bits per heavy atom. The molecule has 94 valence electrons. The molecule has 0 radical (unpaired) electrons. The maximum absolute atomic E-state index is 13.0. The van der Waals surface area contributed by atoms with Gasteiger partial charge < -0.3 is 5.73 Å². The van der Waals surface area contributed by atoms with Crippen LogP contribution in [0.3, 0.4) is 0 Å². The minimum atomic E-state index is -0.854. The fraction of sp³-hybridized carbons (Fsp3) is 0.154. The Morgan fingerprint density at radius 1 is 1.17 bits per heavy atom. The van der Waals surface area contributed by atoms with Gasteiger partial charge in [-0.15, -0.1) is 0 Å². The van der Waals surface area contributed by atoms with Gasteiger partial charge in [0.15, 0.2) is 11.6 Å². The van der Waals surface area contributed by atoms with E-state index in [0.29, 0.717) is 9.92 Å². The van der Waals surface area contributed by atoms with Crippen molar-refractivity contribution in [3.8, 4) is 0 Å². The SMILES string of the molecule is CC(N)c1ccc(Sc2ccc(F)c(F)c2)nc1. The van der Waals surface area contributed by atoms with Crippen LogP contribution in [0.15, 0.2) is 46.5 Å². The van der Waals surface area contributed by atoms with E-state index in [0.717, 1.165) is 17.7 Å². The molecule has 0 aliphatic rings. The monoisotopic (exact) mass is 266 g/mol. The van der Waals surface area contributed by atoms with Crippen molar-refractivity contribution in [2.45, 2.75) is 22.9 Å². The van der Waals surface area contributed by atoms with E-state index in [9.17, 15) is 8.78 Å². The van der Waals surface area contributed by atoms with E-state index in [1.54, 1.807) is 6.20 Å². The van der Waals surface area contributed by atoms with Gasteiger partial charge in [-0.2, -0.15) is 0 Å². The fourth-order valence-corrected chi connectivity index (χ4v) is 2.16. The number of halogens is 2. The van der Waals surface area contributed by atoms with E-state index < -0.39 is 11.6 Å². The highest BCUT2D eigenvalue weighted by atomic mass is 32.2. The maximum atomic E-state index is 13.0. The molecular formula is C13H12F2N2S. The quantitative estimate of drug-likeness (QED) is 0.923. The third kappa shape index (κ3) is 3.05. The zero-order valence-corrected chi connectivity index (χ0v) is 10.5. The standard InChI is InChI=1S/C13H12F2N2S/c1-8(16)9-2-5-13(17-7-9)18-10-3-4-11(14)12(15)6-10/h2-8H,16H2,1H3. The number of nitrogens with zero attached hydrogens (tertiary/aromatic N) is 1. The van der Waals surface area contributed by atoms with Gasteiger partial charge in [-0.25, -0.2) is 13.8 Å². The van der Waals surface area contributed by atoms with E-state index in [-0.39, 0.29) is 6.04 Å². The second kappa shape index (κ2) is 5.46. The van der Waals surface area contributed by atoms with Crippen LogP contribution in [-0.2, 0) is 0 Å². The fourth-order valence-electron chi connectivity index (χ4n) is 1.38. The summed E-state index contributed by atoms with van der Waals surface area (Å²) >= 11 is 1.27. The molecular weight excluding hydrogens is 254 g/mol. The molecule has 2 rings (SSSR count). The third-order valence-electron chi connectivity index (χ3n) is 2.40. The Bertz CT molecular complexity index is 541. The molecule has 0 fully saturated rings. The van der Waals surface area contributed by atoms with Gasteiger partial charge >= 0.3 is 0 Å². The summed E-state index contributed by atoms with van der Waals surface area (Å²) in [5, 5.41) is 0.713. The van der Waals surface area contributed by atoms with Crippen LogP contribution in [0.5, 0.6) is 0 Å². The number of benzene rings is 1. The van der Waals surface area contributed by atoms with Crippen LogP contribution in [-0.4, -0.2) is 4.98 Å². The highest BCUT2D eigenvalue weighted by Crippen LogP contribution is 2.27. The van der Waals surface area contributed by atoms with Crippen molar-refractivity contribution in [3.63, 3.8) is 0 Å². The summed E-state index contributed by atoms with van der Waals surface area (Å²) in [5.74, 6) is -1.70. The average molecular weight is 266 g/mol. The van der Waals surface area contributed by atoms with E-state index in [2.05, 4.69) is 4.98 Å². The van der Waals surface area contributed by atoms with Crippen molar-refractivity contribution in [3.05, 3.63) is 53.7 Å². The molecule has 0 bridgehead atoms. The average Bonchev–Trinajstić information content (AvgIpc) is 2.34. The van der Waals surface area contributed by atoms with Gasteiger partial charge in [0.05, 0.1) is 0 Å². The van der Waals surface area contributed by atoms with E-state index in [1.165, 1.54) is 17.8 Å². The Balaban J connectivity index is 2.15. The number of nitrogens with two attached hydrogens (primary N) is 1. The molecule has 2 nitrogen and oxygen atoms in total. The van der Waals surface area contributed by atoms with Gasteiger partial charge in [-0.05, 0) is 36.8 Å². The maximum Gasteiger partial charge on any atom is 0.159 e. The molecule has 2 N–H and O–H groups in total. The summed E-state index contributed by atoms with van der Waals surface area (Å²) in [7, 11) is 0. The molecule has 0 spiro atoms. The summed E-state index contributed by atoms with van der Waals surface area (Å²) in [6.45, 7) is 1.87. The predicted molar refractivity (Wildman–Crippen MR) is 67.3 cm³/mol. The van der Waals surface area contributed by atoms with Gasteiger partial charge in [0.1, 0.15) is 5.03 Å². The van der Waals surface area contributed by atoms with Crippen molar-refractivity contribution in [1.29, 1.82) is 0 Å². The first kappa shape index (κ1) is 13.0. The molecule has 1 aromatic carbocycles. The topological polar surface area (TPSA) is 38.9 Å². The van der Waals surface area contributed by atoms with Crippen LogP contribution in [0.1, 0.15) is 18.5 Å². The lowest BCUT2D eigenvalue weighted by atomic mass is 10.2. The summed E-state index contributed by atoms with van der Waals surface area (Å²) < 4.78 is 25.8. The summed E-state index contributed by atoms with van der Waals surface area (Å²) in [5.41, 5.74) is 6.65.